The molecule has 1 aliphatic rings. The summed E-state index contributed by atoms with van der Waals surface area (Å²) in [5.74, 6) is 1.73. The maximum Gasteiger partial charge on any atom is 0.231 e. The maximum atomic E-state index is 13.2. The zero-order valence-electron chi connectivity index (χ0n) is 15.4. The van der Waals surface area contributed by atoms with E-state index in [1.807, 2.05) is 35.8 Å². The summed E-state index contributed by atoms with van der Waals surface area (Å²) < 4.78 is 15.2. The Morgan fingerprint density at radius 1 is 1.18 bits per heavy atom. The Labute approximate surface area is 167 Å². The Bertz CT molecular complexity index is 965. The van der Waals surface area contributed by atoms with Crippen molar-refractivity contribution < 1.29 is 4.39 Å². The van der Waals surface area contributed by atoms with Gasteiger partial charge in [-0.1, -0.05) is 11.6 Å². The second kappa shape index (κ2) is 7.63. The van der Waals surface area contributed by atoms with Crippen LogP contribution in [0, 0.1) is 12.7 Å². The van der Waals surface area contributed by atoms with Gasteiger partial charge in [-0.25, -0.2) is 9.37 Å². The fourth-order valence-corrected chi connectivity index (χ4v) is 3.57. The number of hydrogen-bond acceptors (Lipinski definition) is 6. The summed E-state index contributed by atoms with van der Waals surface area (Å²) in [6.45, 7) is 3.55. The number of anilines is 3. The van der Waals surface area contributed by atoms with Crippen LogP contribution in [-0.4, -0.2) is 38.9 Å². The second-order valence-corrected chi connectivity index (χ2v) is 7.29. The van der Waals surface area contributed by atoms with Crippen molar-refractivity contribution in [1.82, 2.24) is 19.7 Å². The van der Waals surface area contributed by atoms with Gasteiger partial charge < -0.3 is 16.0 Å². The molecular weight excluding hydrogens is 381 g/mol. The van der Waals surface area contributed by atoms with Crippen LogP contribution in [0.15, 0.2) is 36.5 Å². The number of aromatic nitrogens is 4. The van der Waals surface area contributed by atoms with Gasteiger partial charge >= 0.3 is 0 Å². The average Bonchev–Trinajstić information content (AvgIpc) is 3.07. The molecule has 3 aromatic rings. The molecule has 0 bridgehead atoms. The topological polar surface area (TPSA) is 84.9 Å². The number of aryl methyl sites for hydroxylation is 1. The third kappa shape index (κ3) is 3.73. The molecule has 9 heteroatoms. The van der Waals surface area contributed by atoms with E-state index in [0.717, 1.165) is 43.4 Å². The van der Waals surface area contributed by atoms with Crippen LogP contribution in [-0.2, 0) is 0 Å². The van der Waals surface area contributed by atoms with Gasteiger partial charge in [-0.2, -0.15) is 0 Å². The highest BCUT2D eigenvalue weighted by molar-refractivity contribution is 6.30. The van der Waals surface area contributed by atoms with Crippen LogP contribution in [0.4, 0.5) is 21.8 Å². The van der Waals surface area contributed by atoms with E-state index >= 15 is 0 Å². The first-order valence-corrected chi connectivity index (χ1v) is 9.49. The van der Waals surface area contributed by atoms with E-state index in [2.05, 4.69) is 25.4 Å². The number of pyridine rings is 1. The first-order chi connectivity index (χ1) is 13.5. The number of halogens is 2. The highest BCUT2D eigenvalue weighted by Crippen LogP contribution is 2.26. The Balaban J connectivity index is 1.46. The quantitative estimate of drug-likeness (QED) is 0.696. The van der Waals surface area contributed by atoms with Gasteiger partial charge in [0.2, 0.25) is 5.95 Å². The Morgan fingerprint density at radius 3 is 2.57 bits per heavy atom. The van der Waals surface area contributed by atoms with Gasteiger partial charge in [-0.3, -0.25) is 4.57 Å². The molecule has 7 nitrogen and oxygen atoms in total. The molecule has 0 unspecified atom stereocenters. The van der Waals surface area contributed by atoms with E-state index in [9.17, 15) is 4.39 Å². The Morgan fingerprint density at radius 2 is 1.89 bits per heavy atom. The first kappa shape index (κ1) is 18.5. The molecule has 0 radical (unpaired) electrons. The molecule has 0 spiro atoms. The molecule has 1 fully saturated rings. The molecule has 0 saturated carbocycles. The summed E-state index contributed by atoms with van der Waals surface area (Å²) in [7, 11) is 0. The minimum absolute atomic E-state index is 0.213. The van der Waals surface area contributed by atoms with Gasteiger partial charge in [0, 0.05) is 30.2 Å². The average molecular weight is 402 g/mol. The van der Waals surface area contributed by atoms with Crippen LogP contribution in [0.2, 0.25) is 5.02 Å². The van der Waals surface area contributed by atoms with Crippen molar-refractivity contribution in [3.63, 3.8) is 0 Å². The number of hydrogen-bond donors (Lipinski definition) is 2. The number of nitrogens with zero attached hydrogens (tertiary/aromatic N) is 5. The van der Waals surface area contributed by atoms with E-state index < -0.39 is 5.82 Å². The lowest BCUT2D eigenvalue weighted by atomic mass is 10.1. The van der Waals surface area contributed by atoms with Crippen molar-refractivity contribution in [1.29, 1.82) is 0 Å². The summed E-state index contributed by atoms with van der Waals surface area (Å²) >= 11 is 6.01. The largest absolute Gasteiger partial charge is 0.396 e. The Kier molecular flexibility index (Phi) is 5.04. The molecule has 0 amide bonds. The zero-order chi connectivity index (χ0) is 19.7. The van der Waals surface area contributed by atoms with Gasteiger partial charge in [0.1, 0.15) is 17.5 Å². The smallest absolute Gasteiger partial charge is 0.231 e. The highest BCUT2D eigenvalue weighted by Gasteiger charge is 2.24. The molecular formula is C19H21ClFN7. The van der Waals surface area contributed by atoms with Gasteiger partial charge in [0.25, 0.3) is 0 Å². The zero-order valence-corrected chi connectivity index (χ0v) is 16.2. The summed E-state index contributed by atoms with van der Waals surface area (Å²) in [4.78, 5) is 6.27. The lowest BCUT2D eigenvalue weighted by Gasteiger charge is -2.33. The predicted molar refractivity (Wildman–Crippen MR) is 109 cm³/mol. The SMILES string of the molecule is Cc1nnc(N2CCC(Nc3ncc(F)cc3N)CC2)n1-c1ccc(Cl)cc1. The van der Waals surface area contributed by atoms with E-state index in [0.29, 0.717) is 16.5 Å². The van der Waals surface area contributed by atoms with Crippen LogP contribution in [0.1, 0.15) is 18.7 Å². The van der Waals surface area contributed by atoms with Crippen molar-refractivity contribution in [2.75, 3.05) is 29.0 Å². The molecule has 28 heavy (non-hydrogen) atoms. The molecule has 1 aromatic carbocycles. The van der Waals surface area contributed by atoms with Gasteiger partial charge in [0.05, 0.1) is 17.6 Å². The van der Waals surface area contributed by atoms with Crippen molar-refractivity contribution >= 4 is 29.1 Å². The van der Waals surface area contributed by atoms with Crippen molar-refractivity contribution in [3.8, 4) is 5.69 Å². The number of benzene rings is 1. The first-order valence-electron chi connectivity index (χ1n) is 9.12. The van der Waals surface area contributed by atoms with Crippen LogP contribution in [0.3, 0.4) is 0 Å². The number of rotatable bonds is 4. The predicted octanol–water partition coefficient (Wildman–Crippen LogP) is 3.43. The number of nitrogen functional groups attached to an aromatic ring is 1. The molecule has 146 valence electrons. The summed E-state index contributed by atoms with van der Waals surface area (Å²) in [5.41, 5.74) is 7.15. The van der Waals surface area contributed by atoms with Crippen molar-refractivity contribution in [2.45, 2.75) is 25.8 Å². The van der Waals surface area contributed by atoms with E-state index in [1.54, 1.807) is 0 Å². The Hall–Kier alpha value is -2.87. The monoisotopic (exact) mass is 401 g/mol. The number of piperidine rings is 1. The third-order valence-electron chi connectivity index (χ3n) is 4.90. The lowest BCUT2D eigenvalue weighted by molar-refractivity contribution is 0.516. The van der Waals surface area contributed by atoms with E-state index in [4.69, 9.17) is 17.3 Å². The maximum absolute atomic E-state index is 13.2. The minimum Gasteiger partial charge on any atom is -0.396 e. The highest BCUT2D eigenvalue weighted by atomic mass is 35.5. The second-order valence-electron chi connectivity index (χ2n) is 6.86. The van der Waals surface area contributed by atoms with E-state index in [1.165, 1.54) is 12.3 Å². The molecule has 4 rings (SSSR count). The normalized spacial score (nSPS) is 15.0. The standard InChI is InChI=1S/C19H21ClFN7/c1-12-25-26-19(28(12)16-4-2-13(20)3-5-16)27-8-6-15(7-9-27)24-18-17(22)10-14(21)11-23-18/h2-5,10-11,15H,6-9,22H2,1H3,(H,23,24). The number of nitrogens with two attached hydrogens (primary N) is 1. The minimum atomic E-state index is -0.435. The molecule has 2 aromatic heterocycles. The number of nitrogens with one attached hydrogen (secondary N) is 1. The molecule has 0 atom stereocenters. The van der Waals surface area contributed by atoms with E-state index in [-0.39, 0.29) is 6.04 Å². The molecule has 0 aliphatic carbocycles. The molecule has 1 aliphatic heterocycles. The van der Waals surface area contributed by atoms with Crippen molar-refractivity contribution in [3.05, 3.63) is 53.2 Å². The fraction of sp³-hybridized carbons (Fsp3) is 0.316. The fourth-order valence-electron chi connectivity index (χ4n) is 3.44. The van der Waals surface area contributed by atoms with Gasteiger partial charge in [-0.05, 0) is 44.0 Å². The van der Waals surface area contributed by atoms with Crippen LogP contribution in [0.25, 0.3) is 5.69 Å². The van der Waals surface area contributed by atoms with Crippen LogP contribution >= 0.6 is 11.6 Å². The molecule has 1 saturated heterocycles. The molecule has 3 heterocycles. The third-order valence-corrected chi connectivity index (χ3v) is 5.15. The summed E-state index contributed by atoms with van der Waals surface area (Å²) in [5, 5.41) is 12.7. The van der Waals surface area contributed by atoms with Gasteiger partial charge in [-0.15, -0.1) is 10.2 Å². The van der Waals surface area contributed by atoms with Gasteiger partial charge in [0.15, 0.2) is 0 Å². The van der Waals surface area contributed by atoms with Crippen LogP contribution < -0.4 is 16.0 Å². The summed E-state index contributed by atoms with van der Waals surface area (Å²) in [6.07, 6.45) is 2.93. The molecule has 3 N–H and O–H groups in total. The lowest BCUT2D eigenvalue weighted by Crippen LogP contribution is -2.40. The van der Waals surface area contributed by atoms with Crippen LogP contribution in [0.5, 0.6) is 0 Å². The van der Waals surface area contributed by atoms with Crippen molar-refractivity contribution in [2.24, 2.45) is 0 Å². The summed E-state index contributed by atoms with van der Waals surface area (Å²) in [6, 6.07) is 9.12.